The van der Waals surface area contributed by atoms with E-state index in [1.165, 1.54) is 6.07 Å². The molecule has 0 spiro atoms. The summed E-state index contributed by atoms with van der Waals surface area (Å²) in [7, 11) is 0. The van der Waals surface area contributed by atoms with Gasteiger partial charge in [0.1, 0.15) is 5.69 Å². The molecule has 28 heavy (non-hydrogen) atoms. The second-order valence-corrected chi connectivity index (χ2v) is 7.19. The van der Waals surface area contributed by atoms with Crippen LogP contribution in [0.4, 0.5) is 17.1 Å². The van der Waals surface area contributed by atoms with E-state index in [2.05, 4.69) is 16.0 Å². The van der Waals surface area contributed by atoms with Crippen molar-refractivity contribution in [2.75, 3.05) is 10.6 Å². The molecule has 0 aromatic heterocycles. The van der Waals surface area contributed by atoms with Crippen molar-refractivity contribution in [1.29, 1.82) is 0 Å². The van der Waals surface area contributed by atoms with Crippen LogP contribution in [0.25, 0.3) is 0 Å². The third-order valence-electron chi connectivity index (χ3n) is 4.69. The number of hydrogen-bond donors (Lipinski definition) is 3. The van der Waals surface area contributed by atoms with Crippen LogP contribution in [0.1, 0.15) is 46.4 Å². The molecule has 0 radical (unpaired) electrons. The molecule has 0 bridgehead atoms. The number of anilines is 2. The normalized spacial score (nSPS) is 15.6. The first kappa shape index (κ1) is 18.0. The molecular formula is C20H20N4O4. The predicted octanol–water partition coefficient (Wildman–Crippen LogP) is 3.31. The number of carbonyl (C=O) groups is 2. The molecule has 2 amide bonds. The number of nitro groups is 1. The lowest BCUT2D eigenvalue weighted by atomic mass is 10.1. The maximum atomic E-state index is 12.5. The molecule has 144 valence electrons. The third kappa shape index (κ3) is 4.28. The second kappa shape index (κ2) is 7.30. The summed E-state index contributed by atoms with van der Waals surface area (Å²) in [5.74, 6) is -0.648. The molecule has 3 N–H and O–H groups in total. The topological polar surface area (TPSA) is 113 Å². The minimum atomic E-state index is -0.496. The summed E-state index contributed by atoms with van der Waals surface area (Å²) < 4.78 is 0. The molecule has 2 saturated carbocycles. The highest BCUT2D eigenvalue weighted by Gasteiger charge is 2.26. The number of rotatable bonds is 7. The monoisotopic (exact) mass is 380 g/mol. The van der Waals surface area contributed by atoms with E-state index < -0.39 is 10.8 Å². The highest BCUT2D eigenvalue weighted by molar-refractivity contribution is 6.06. The standard InChI is InChI=1S/C20H20N4O4/c25-19(22-15-7-8-15)12-2-1-3-16(10-12)23-20(26)13-4-9-17(21-14-5-6-14)18(11-13)24(27)28/h1-4,9-11,14-15,21H,5-8H2,(H,22,25)(H,23,26). The van der Waals surface area contributed by atoms with Crippen molar-refractivity contribution < 1.29 is 14.5 Å². The van der Waals surface area contributed by atoms with E-state index in [1.54, 1.807) is 36.4 Å². The Labute approximate surface area is 161 Å². The molecule has 0 heterocycles. The summed E-state index contributed by atoms with van der Waals surface area (Å²) in [6.07, 6.45) is 3.97. The number of carbonyl (C=O) groups excluding carboxylic acids is 2. The van der Waals surface area contributed by atoms with Gasteiger partial charge in [-0.3, -0.25) is 19.7 Å². The van der Waals surface area contributed by atoms with E-state index in [-0.39, 0.29) is 29.2 Å². The summed E-state index contributed by atoms with van der Waals surface area (Å²) in [5.41, 5.74) is 1.39. The summed E-state index contributed by atoms with van der Waals surface area (Å²) in [6.45, 7) is 0. The minimum absolute atomic E-state index is 0.128. The van der Waals surface area contributed by atoms with Crippen LogP contribution in [0.5, 0.6) is 0 Å². The highest BCUT2D eigenvalue weighted by Crippen LogP contribution is 2.31. The highest BCUT2D eigenvalue weighted by atomic mass is 16.6. The fourth-order valence-corrected chi connectivity index (χ4v) is 2.83. The van der Waals surface area contributed by atoms with E-state index >= 15 is 0 Å². The third-order valence-corrected chi connectivity index (χ3v) is 4.69. The first-order valence-corrected chi connectivity index (χ1v) is 9.27. The maximum absolute atomic E-state index is 12.5. The smallest absolute Gasteiger partial charge is 0.293 e. The molecule has 2 aromatic rings. The Morgan fingerprint density at radius 2 is 1.64 bits per heavy atom. The van der Waals surface area contributed by atoms with Crippen LogP contribution in [0.3, 0.4) is 0 Å². The quantitative estimate of drug-likeness (QED) is 0.504. The van der Waals surface area contributed by atoms with Crippen LogP contribution in [-0.4, -0.2) is 28.8 Å². The lowest BCUT2D eigenvalue weighted by Gasteiger charge is -2.10. The fourth-order valence-electron chi connectivity index (χ4n) is 2.83. The Balaban J connectivity index is 1.49. The zero-order valence-electron chi connectivity index (χ0n) is 15.1. The fraction of sp³-hybridized carbons (Fsp3) is 0.300. The minimum Gasteiger partial charge on any atom is -0.377 e. The summed E-state index contributed by atoms with van der Waals surface area (Å²) >= 11 is 0. The molecule has 2 aliphatic carbocycles. The van der Waals surface area contributed by atoms with Gasteiger partial charge in [0.2, 0.25) is 0 Å². The van der Waals surface area contributed by atoms with Crippen molar-refractivity contribution in [2.24, 2.45) is 0 Å². The Kier molecular flexibility index (Phi) is 4.68. The maximum Gasteiger partial charge on any atom is 0.293 e. The van der Waals surface area contributed by atoms with Crippen LogP contribution in [-0.2, 0) is 0 Å². The molecular weight excluding hydrogens is 360 g/mol. The van der Waals surface area contributed by atoms with E-state index in [4.69, 9.17) is 0 Å². The van der Waals surface area contributed by atoms with Crippen LogP contribution in [0, 0.1) is 10.1 Å². The van der Waals surface area contributed by atoms with Crippen molar-refractivity contribution in [3.63, 3.8) is 0 Å². The number of nitrogens with one attached hydrogen (secondary N) is 3. The molecule has 8 nitrogen and oxygen atoms in total. The van der Waals surface area contributed by atoms with Crippen LogP contribution in [0.15, 0.2) is 42.5 Å². The number of amides is 2. The van der Waals surface area contributed by atoms with Crippen molar-refractivity contribution in [3.8, 4) is 0 Å². The Hall–Kier alpha value is -3.42. The molecule has 2 aliphatic rings. The molecule has 0 saturated heterocycles. The van der Waals surface area contributed by atoms with Gasteiger partial charge in [-0.05, 0) is 56.0 Å². The number of nitrogens with zero attached hydrogens (tertiary/aromatic N) is 1. The van der Waals surface area contributed by atoms with Crippen molar-refractivity contribution in [1.82, 2.24) is 5.32 Å². The average molecular weight is 380 g/mol. The molecule has 2 fully saturated rings. The van der Waals surface area contributed by atoms with Crippen molar-refractivity contribution >= 4 is 28.9 Å². The molecule has 4 rings (SSSR count). The number of benzene rings is 2. The van der Waals surface area contributed by atoms with Gasteiger partial charge in [0.05, 0.1) is 4.92 Å². The summed E-state index contributed by atoms with van der Waals surface area (Å²) in [6, 6.07) is 11.5. The van der Waals surface area contributed by atoms with Gasteiger partial charge in [0, 0.05) is 35.0 Å². The molecule has 8 heteroatoms. The van der Waals surface area contributed by atoms with Gasteiger partial charge in [-0.1, -0.05) is 6.07 Å². The SMILES string of the molecule is O=C(Nc1cccc(C(=O)NC2CC2)c1)c1ccc(NC2CC2)c([N+](=O)[O-])c1. The van der Waals surface area contributed by atoms with E-state index in [9.17, 15) is 19.7 Å². The first-order chi connectivity index (χ1) is 13.5. The largest absolute Gasteiger partial charge is 0.377 e. The first-order valence-electron chi connectivity index (χ1n) is 9.27. The molecule has 2 aromatic carbocycles. The lowest BCUT2D eigenvalue weighted by molar-refractivity contribution is -0.384. The van der Waals surface area contributed by atoms with Crippen molar-refractivity contribution in [2.45, 2.75) is 37.8 Å². The van der Waals surface area contributed by atoms with Gasteiger partial charge in [-0.25, -0.2) is 0 Å². The van der Waals surface area contributed by atoms with E-state index in [0.29, 0.717) is 16.9 Å². The Bertz CT molecular complexity index is 951. The zero-order valence-corrected chi connectivity index (χ0v) is 15.1. The summed E-state index contributed by atoms with van der Waals surface area (Å²) in [4.78, 5) is 35.6. The number of hydrogen-bond acceptors (Lipinski definition) is 5. The molecule has 0 atom stereocenters. The van der Waals surface area contributed by atoms with Crippen molar-refractivity contribution in [3.05, 3.63) is 63.7 Å². The second-order valence-electron chi connectivity index (χ2n) is 7.19. The van der Waals surface area contributed by atoms with E-state index in [1.807, 2.05) is 0 Å². The van der Waals surface area contributed by atoms with Crippen LogP contribution >= 0.6 is 0 Å². The van der Waals surface area contributed by atoms with Gasteiger partial charge < -0.3 is 16.0 Å². The average Bonchev–Trinajstić information content (AvgIpc) is 3.59. The van der Waals surface area contributed by atoms with E-state index in [0.717, 1.165) is 25.7 Å². The Morgan fingerprint density at radius 1 is 0.929 bits per heavy atom. The molecule has 0 unspecified atom stereocenters. The zero-order chi connectivity index (χ0) is 19.7. The van der Waals surface area contributed by atoms with Gasteiger partial charge in [0.15, 0.2) is 0 Å². The molecule has 0 aliphatic heterocycles. The van der Waals surface area contributed by atoms with Gasteiger partial charge in [-0.2, -0.15) is 0 Å². The number of nitro benzene ring substituents is 1. The van der Waals surface area contributed by atoms with Gasteiger partial charge >= 0.3 is 0 Å². The van der Waals surface area contributed by atoms with Gasteiger partial charge in [-0.15, -0.1) is 0 Å². The van der Waals surface area contributed by atoms with Gasteiger partial charge in [0.25, 0.3) is 17.5 Å². The summed E-state index contributed by atoms with van der Waals surface area (Å²) in [5, 5.41) is 20.1. The lowest BCUT2D eigenvalue weighted by Crippen LogP contribution is -2.25. The predicted molar refractivity (Wildman–Crippen MR) is 105 cm³/mol. The van der Waals surface area contributed by atoms with Crippen LogP contribution in [0.2, 0.25) is 0 Å². The van der Waals surface area contributed by atoms with Crippen LogP contribution < -0.4 is 16.0 Å². The Morgan fingerprint density at radius 3 is 2.32 bits per heavy atom.